The van der Waals surface area contributed by atoms with Crippen molar-refractivity contribution in [1.82, 2.24) is 5.32 Å². The Balaban J connectivity index is 1.78. The van der Waals surface area contributed by atoms with Crippen LogP contribution in [-0.2, 0) is 4.79 Å². The van der Waals surface area contributed by atoms with E-state index in [1.165, 1.54) is 5.56 Å². The summed E-state index contributed by atoms with van der Waals surface area (Å²) in [5.41, 5.74) is 1.19. The molecule has 0 aliphatic heterocycles. The van der Waals surface area contributed by atoms with Gasteiger partial charge in [0.15, 0.2) is 0 Å². The Hall–Kier alpha value is -1.06. The third kappa shape index (κ3) is 4.72. The van der Waals surface area contributed by atoms with Crippen molar-refractivity contribution >= 4 is 17.5 Å². The summed E-state index contributed by atoms with van der Waals surface area (Å²) in [6.45, 7) is 3.00. The molecule has 1 aromatic rings. The van der Waals surface area contributed by atoms with Gasteiger partial charge in [0.2, 0.25) is 5.91 Å². The number of nitrogens with one attached hydrogen (secondary N) is 1. The van der Waals surface area contributed by atoms with Gasteiger partial charge in [0, 0.05) is 24.1 Å². The van der Waals surface area contributed by atoms with Crippen LogP contribution in [0.1, 0.15) is 44.1 Å². The molecule has 0 spiro atoms. The van der Waals surface area contributed by atoms with Gasteiger partial charge >= 0.3 is 0 Å². The summed E-state index contributed by atoms with van der Waals surface area (Å²) >= 11 is 5.88. The fourth-order valence-electron chi connectivity index (χ4n) is 2.88. The van der Waals surface area contributed by atoms with E-state index in [4.69, 9.17) is 16.7 Å². The number of aliphatic hydroxyl groups is 1. The molecule has 116 valence electrons. The number of carbonyl (C=O) groups excluding carboxylic acids is 1. The molecule has 1 amide bonds. The minimum absolute atomic E-state index is 0.0996. The first-order valence-corrected chi connectivity index (χ1v) is 8.17. The lowest BCUT2D eigenvalue weighted by Crippen LogP contribution is -2.31. The Kier molecular flexibility index (Phi) is 6.07. The first kappa shape index (κ1) is 16.3. The average molecular weight is 310 g/mol. The quantitative estimate of drug-likeness (QED) is 0.773. The first-order valence-electron chi connectivity index (χ1n) is 7.79. The van der Waals surface area contributed by atoms with E-state index in [0.717, 1.165) is 30.7 Å². The lowest BCUT2D eigenvalue weighted by atomic mass is 10.00. The topological polar surface area (TPSA) is 49.3 Å². The summed E-state index contributed by atoms with van der Waals surface area (Å²) in [6.07, 6.45) is 3.81. The van der Waals surface area contributed by atoms with Crippen molar-refractivity contribution in [3.63, 3.8) is 0 Å². The van der Waals surface area contributed by atoms with Crippen molar-refractivity contribution in [1.29, 1.82) is 0 Å². The summed E-state index contributed by atoms with van der Waals surface area (Å²) in [6, 6.07) is 7.77. The van der Waals surface area contributed by atoms with E-state index >= 15 is 0 Å². The van der Waals surface area contributed by atoms with E-state index in [-0.39, 0.29) is 18.4 Å². The van der Waals surface area contributed by atoms with Crippen LogP contribution in [0.4, 0.5) is 0 Å². The number of aliphatic hydroxyl groups excluding tert-OH is 1. The average Bonchev–Trinajstić information content (AvgIpc) is 3.26. The molecular formula is C17H24ClNO2. The second-order valence-corrected chi connectivity index (χ2v) is 6.35. The number of carbonyl (C=O) groups is 1. The van der Waals surface area contributed by atoms with Crippen LogP contribution in [0.25, 0.3) is 0 Å². The molecular weight excluding hydrogens is 286 g/mol. The van der Waals surface area contributed by atoms with Gasteiger partial charge in [0.25, 0.3) is 0 Å². The molecule has 0 saturated heterocycles. The molecule has 4 heteroatoms. The van der Waals surface area contributed by atoms with Gasteiger partial charge in [-0.25, -0.2) is 0 Å². The molecule has 3 atom stereocenters. The Bertz CT molecular complexity index is 454. The maximum Gasteiger partial charge on any atom is 0.223 e. The zero-order chi connectivity index (χ0) is 15.2. The monoisotopic (exact) mass is 309 g/mol. The summed E-state index contributed by atoms with van der Waals surface area (Å²) in [5.74, 6) is 0.970. The highest BCUT2D eigenvalue weighted by Crippen LogP contribution is 2.47. The minimum Gasteiger partial charge on any atom is -0.396 e. The van der Waals surface area contributed by atoms with Crippen LogP contribution < -0.4 is 5.32 Å². The van der Waals surface area contributed by atoms with Crippen LogP contribution in [-0.4, -0.2) is 24.2 Å². The molecule has 2 N–H and O–H groups in total. The van der Waals surface area contributed by atoms with Crippen molar-refractivity contribution in [3.05, 3.63) is 34.9 Å². The number of benzene rings is 1. The van der Waals surface area contributed by atoms with Crippen molar-refractivity contribution in [2.45, 2.75) is 38.5 Å². The highest BCUT2D eigenvalue weighted by molar-refractivity contribution is 6.30. The molecule has 1 fully saturated rings. The zero-order valence-corrected chi connectivity index (χ0v) is 13.3. The summed E-state index contributed by atoms with van der Waals surface area (Å²) in [5, 5.41) is 12.8. The Labute approximate surface area is 131 Å². The normalized spacial score (nSPS) is 21.9. The van der Waals surface area contributed by atoms with E-state index in [1.54, 1.807) is 0 Å². The molecule has 3 unspecified atom stereocenters. The predicted molar refractivity (Wildman–Crippen MR) is 85.4 cm³/mol. The van der Waals surface area contributed by atoms with Crippen molar-refractivity contribution in [3.8, 4) is 0 Å². The summed E-state index contributed by atoms with van der Waals surface area (Å²) in [4.78, 5) is 12.2. The molecule has 21 heavy (non-hydrogen) atoms. The first-order chi connectivity index (χ1) is 10.2. The Morgan fingerprint density at radius 1 is 1.38 bits per heavy atom. The zero-order valence-electron chi connectivity index (χ0n) is 12.5. The van der Waals surface area contributed by atoms with Gasteiger partial charge in [-0.3, -0.25) is 4.79 Å². The van der Waals surface area contributed by atoms with Crippen LogP contribution in [0, 0.1) is 11.8 Å². The van der Waals surface area contributed by atoms with Gasteiger partial charge in [-0.15, -0.1) is 0 Å². The van der Waals surface area contributed by atoms with Gasteiger partial charge in [-0.1, -0.05) is 37.1 Å². The second-order valence-electron chi connectivity index (χ2n) is 5.91. The van der Waals surface area contributed by atoms with Crippen LogP contribution in [0.5, 0.6) is 0 Å². The highest BCUT2D eigenvalue weighted by atomic mass is 35.5. The van der Waals surface area contributed by atoms with Gasteiger partial charge in [-0.05, 0) is 48.8 Å². The van der Waals surface area contributed by atoms with Gasteiger partial charge in [-0.2, -0.15) is 0 Å². The predicted octanol–water partition coefficient (Wildman–Crippen LogP) is 3.36. The van der Waals surface area contributed by atoms with E-state index < -0.39 is 0 Å². The van der Waals surface area contributed by atoms with Crippen molar-refractivity contribution < 1.29 is 9.90 Å². The third-order valence-corrected chi connectivity index (χ3v) is 4.48. The Morgan fingerprint density at radius 2 is 2.10 bits per heavy atom. The molecule has 2 rings (SSSR count). The van der Waals surface area contributed by atoms with Gasteiger partial charge < -0.3 is 10.4 Å². The molecule has 1 aliphatic rings. The Morgan fingerprint density at radius 3 is 2.71 bits per heavy atom. The molecule has 1 saturated carbocycles. The maximum absolute atomic E-state index is 12.2. The molecule has 0 radical (unpaired) electrons. The SMILES string of the molecule is CCCC(CCO)CNC(=O)C1CC1c1ccc(Cl)cc1. The fourth-order valence-corrected chi connectivity index (χ4v) is 3.00. The maximum atomic E-state index is 12.2. The summed E-state index contributed by atoms with van der Waals surface area (Å²) < 4.78 is 0. The van der Waals surface area contributed by atoms with Crippen LogP contribution in [0.2, 0.25) is 5.02 Å². The minimum atomic E-state index is 0.0996. The lowest BCUT2D eigenvalue weighted by molar-refractivity contribution is -0.122. The van der Waals surface area contributed by atoms with Crippen LogP contribution in [0.15, 0.2) is 24.3 Å². The smallest absolute Gasteiger partial charge is 0.223 e. The van der Waals surface area contributed by atoms with Crippen molar-refractivity contribution in [2.75, 3.05) is 13.2 Å². The van der Waals surface area contributed by atoms with E-state index in [1.807, 2.05) is 24.3 Å². The molecule has 1 aliphatic carbocycles. The molecule has 0 bridgehead atoms. The standard InChI is InChI=1S/C17H24ClNO2/c1-2-3-12(8-9-20)11-19-17(21)16-10-15(16)13-4-6-14(18)7-5-13/h4-7,12,15-16,20H,2-3,8-11H2,1H3,(H,19,21). The number of amides is 1. The second kappa shape index (κ2) is 7.81. The number of halogens is 1. The van der Waals surface area contributed by atoms with Crippen LogP contribution >= 0.6 is 11.6 Å². The molecule has 3 nitrogen and oxygen atoms in total. The van der Waals surface area contributed by atoms with Gasteiger partial charge in [0.1, 0.15) is 0 Å². The third-order valence-electron chi connectivity index (χ3n) is 4.22. The number of hydrogen-bond acceptors (Lipinski definition) is 2. The highest BCUT2D eigenvalue weighted by Gasteiger charge is 2.43. The molecule has 0 heterocycles. The molecule has 1 aromatic carbocycles. The van der Waals surface area contributed by atoms with E-state index in [9.17, 15) is 4.79 Å². The van der Waals surface area contributed by atoms with Gasteiger partial charge in [0.05, 0.1) is 0 Å². The summed E-state index contributed by atoms with van der Waals surface area (Å²) in [7, 11) is 0. The van der Waals surface area contributed by atoms with E-state index in [0.29, 0.717) is 18.4 Å². The number of hydrogen-bond donors (Lipinski definition) is 2. The number of rotatable bonds is 8. The largest absolute Gasteiger partial charge is 0.396 e. The lowest BCUT2D eigenvalue weighted by Gasteiger charge is -2.15. The molecule has 0 aromatic heterocycles. The van der Waals surface area contributed by atoms with Crippen molar-refractivity contribution in [2.24, 2.45) is 11.8 Å². The van der Waals surface area contributed by atoms with E-state index in [2.05, 4.69) is 12.2 Å². The fraction of sp³-hybridized carbons (Fsp3) is 0.588. The van der Waals surface area contributed by atoms with Crippen LogP contribution in [0.3, 0.4) is 0 Å².